The van der Waals surface area contributed by atoms with Gasteiger partial charge in [-0.2, -0.15) is 5.10 Å². The van der Waals surface area contributed by atoms with Gasteiger partial charge in [0.1, 0.15) is 18.2 Å². The molecule has 130 valence electrons. The van der Waals surface area contributed by atoms with Crippen LogP contribution in [0.15, 0.2) is 36.9 Å². The lowest BCUT2D eigenvalue weighted by molar-refractivity contribution is -0.125. The highest BCUT2D eigenvalue weighted by atomic mass is 16.5. The summed E-state index contributed by atoms with van der Waals surface area (Å²) in [6, 6.07) is 6.62. The Morgan fingerprint density at radius 2 is 1.96 bits per heavy atom. The summed E-state index contributed by atoms with van der Waals surface area (Å²) in [5.41, 5.74) is 0.394. The van der Waals surface area contributed by atoms with Gasteiger partial charge in [-0.25, -0.2) is 14.5 Å². The fraction of sp³-hybridized carbons (Fsp3) is 0.333. The summed E-state index contributed by atoms with van der Waals surface area (Å²) in [6.07, 6.45) is 9.67. The van der Waals surface area contributed by atoms with Crippen LogP contribution in [0.4, 0.5) is 0 Å². The van der Waals surface area contributed by atoms with Crippen molar-refractivity contribution in [1.82, 2.24) is 20.1 Å². The zero-order chi connectivity index (χ0) is 18.3. The van der Waals surface area contributed by atoms with Crippen molar-refractivity contribution < 1.29 is 14.3 Å². The molecular formula is C18H20N4O3. The van der Waals surface area contributed by atoms with Crippen LogP contribution in [0.3, 0.4) is 0 Å². The van der Waals surface area contributed by atoms with Gasteiger partial charge in [0.25, 0.3) is 5.91 Å². The fourth-order valence-corrected chi connectivity index (χ4v) is 2.28. The number of hydrogen-bond acceptors (Lipinski definition) is 5. The van der Waals surface area contributed by atoms with E-state index in [9.17, 15) is 9.59 Å². The fourth-order valence-electron chi connectivity index (χ4n) is 2.28. The van der Waals surface area contributed by atoms with Crippen molar-refractivity contribution in [3.05, 3.63) is 42.5 Å². The molecule has 7 nitrogen and oxygen atoms in total. The van der Waals surface area contributed by atoms with E-state index in [2.05, 4.69) is 21.3 Å². The maximum absolute atomic E-state index is 12.0. The van der Waals surface area contributed by atoms with Crippen LogP contribution in [0.1, 0.15) is 37.0 Å². The number of ether oxygens (including phenoxy) is 1. The Morgan fingerprint density at radius 3 is 2.48 bits per heavy atom. The van der Waals surface area contributed by atoms with Gasteiger partial charge >= 0.3 is 5.97 Å². The Balaban J connectivity index is 1.92. The number of benzene rings is 1. The van der Waals surface area contributed by atoms with Gasteiger partial charge in [0.05, 0.1) is 11.3 Å². The second-order valence-electron chi connectivity index (χ2n) is 5.44. The van der Waals surface area contributed by atoms with Crippen LogP contribution >= 0.6 is 0 Å². The molecule has 1 N–H and O–H groups in total. The average molecular weight is 340 g/mol. The third kappa shape index (κ3) is 4.44. The van der Waals surface area contributed by atoms with Gasteiger partial charge in [-0.1, -0.05) is 19.8 Å². The Hall–Kier alpha value is -3.14. The minimum Gasteiger partial charge on any atom is -0.452 e. The number of nitrogens with one attached hydrogen (secondary N) is 1. The van der Waals surface area contributed by atoms with E-state index in [1.807, 2.05) is 13.8 Å². The number of esters is 1. The largest absolute Gasteiger partial charge is 0.452 e. The van der Waals surface area contributed by atoms with E-state index in [1.54, 1.807) is 35.3 Å². The minimum atomic E-state index is -0.705. The second kappa shape index (κ2) is 8.11. The van der Waals surface area contributed by atoms with Crippen molar-refractivity contribution >= 4 is 11.9 Å². The minimum absolute atomic E-state index is 0.339. The topological polar surface area (TPSA) is 86.1 Å². The lowest BCUT2D eigenvalue weighted by Crippen LogP contribution is -2.48. The Bertz CT molecular complexity index is 757. The van der Waals surface area contributed by atoms with Crippen molar-refractivity contribution in [3.8, 4) is 18.0 Å². The van der Waals surface area contributed by atoms with Gasteiger partial charge in [-0.05, 0) is 37.1 Å². The Labute approximate surface area is 146 Å². The van der Waals surface area contributed by atoms with Gasteiger partial charge in [-0.15, -0.1) is 6.42 Å². The predicted molar refractivity (Wildman–Crippen MR) is 91.9 cm³/mol. The molecule has 0 radical (unpaired) electrons. The molecular weight excluding hydrogens is 320 g/mol. The molecule has 0 bridgehead atoms. The number of aromatic nitrogens is 3. The smallest absolute Gasteiger partial charge is 0.338 e. The second-order valence-corrected chi connectivity index (χ2v) is 5.44. The molecule has 0 saturated heterocycles. The summed E-state index contributed by atoms with van der Waals surface area (Å²) in [4.78, 5) is 27.9. The molecule has 7 heteroatoms. The molecule has 25 heavy (non-hydrogen) atoms. The van der Waals surface area contributed by atoms with Gasteiger partial charge in [0, 0.05) is 0 Å². The molecule has 0 aliphatic heterocycles. The third-order valence-electron chi connectivity index (χ3n) is 3.98. The molecule has 0 atom stereocenters. The zero-order valence-electron chi connectivity index (χ0n) is 14.2. The van der Waals surface area contributed by atoms with E-state index >= 15 is 0 Å². The van der Waals surface area contributed by atoms with E-state index < -0.39 is 17.4 Å². The molecule has 1 amide bonds. The van der Waals surface area contributed by atoms with Gasteiger partial charge in [0.2, 0.25) is 0 Å². The van der Waals surface area contributed by atoms with Crippen LogP contribution in [-0.4, -0.2) is 38.8 Å². The van der Waals surface area contributed by atoms with Crippen LogP contribution in [0.25, 0.3) is 5.69 Å². The summed E-state index contributed by atoms with van der Waals surface area (Å²) in [5, 5.41) is 6.74. The average Bonchev–Trinajstić information content (AvgIpc) is 3.19. The van der Waals surface area contributed by atoms with Crippen LogP contribution in [0.2, 0.25) is 0 Å². The lowest BCUT2D eigenvalue weighted by Gasteiger charge is -2.26. The SMILES string of the molecule is C#CC(CC)(CC)NC(=O)COC(=O)c1ccc(-n2cncn2)cc1. The van der Waals surface area contributed by atoms with Crippen molar-refractivity contribution in [2.75, 3.05) is 6.61 Å². The zero-order valence-corrected chi connectivity index (χ0v) is 14.2. The number of terminal acetylenes is 1. The molecule has 0 saturated carbocycles. The molecule has 2 rings (SSSR count). The van der Waals surface area contributed by atoms with E-state index in [-0.39, 0.29) is 6.61 Å². The molecule has 2 aromatic rings. The summed E-state index contributed by atoms with van der Waals surface area (Å²) >= 11 is 0. The Kier molecular flexibility index (Phi) is 5.90. The highest BCUT2D eigenvalue weighted by molar-refractivity contribution is 5.91. The Morgan fingerprint density at radius 1 is 1.28 bits per heavy atom. The summed E-state index contributed by atoms with van der Waals surface area (Å²) < 4.78 is 6.61. The predicted octanol–water partition coefficient (Wildman–Crippen LogP) is 1.73. The van der Waals surface area contributed by atoms with Crippen molar-refractivity contribution in [2.24, 2.45) is 0 Å². The summed E-state index contributed by atoms with van der Waals surface area (Å²) in [6.45, 7) is 3.41. The molecule has 0 aliphatic carbocycles. The van der Waals surface area contributed by atoms with Gasteiger partial charge in [0.15, 0.2) is 6.61 Å². The summed E-state index contributed by atoms with van der Waals surface area (Å²) in [5.74, 6) is 1.59. The van der Waals surface area contributed by atoms with Crippen molar-refractivity contribution in [3.63, 3.8) is 0 Å². The van der Waals surface area contributed by atoms with E-state index in [0.717, 1.165) is 5.69 Å². The maximum Gasteiger partial charge on any atom is 0.338 e. The number of hydrogen-bond donors (Lipinski definition) is 1. The number of carbonyl (C=O) groups excluding carboxylic acids is 2. The molecule has 1 aromatic heterocycles. The number of carbonyl (C=O) groups is 2. The first kappa shape index (κ1) is 18.2. The monoisotopic (exact) mass is 340 g/mol. The third-order valence-corrected chi connectivity index (χ3v) is 3.98. The standard InChI is InChI=1S/C18H20N4O3/c1-4-18(5-2,6-3)21-16(23)11-25-17(24)14-7-9-15(10-8-14)22-13-19-12-20-22/h1,7-10,12-13H,5-6,11H2,2-3H3,(H,21,23). The van der Waals surface area contributed by atoms with E-state index in [0.29, 0.717) is 18.4 Å². The molecule has 1 heterocycles. The first-order valence-corrected chi connectivity index (χ1v) is 7.94. The molecule has 0 unspecified atom stereocenters. The lowest BCUT2D eigenvalue weighted by atomic mass is 9.94. The van der Waals surface area contributed by atoms with Crippen LogP contribution < -0.4 is 5.32 Å². The van der Waals surface area contributed by atoms with Crippen LogP contribution in [0, 0.1) is 12.3 Å². The van der Waals surface area contributed by atoms with Crippen molar-refractivity contribution in [2.45, 2.75) is 32.2 Å². The van der Waals surface area contributed by atoms with Crippen molar-refractivity contribution in [1.29, 1.82) is 0 Å². The molecule has 0 fully saturated rings. The molecule has 0 aliphatic rings. The van der Waals surface area contributed by atoms with Gasteiger partial charge < -0.3 is 10.1 Å². The highest BCUT2D eigenvalue weighted by Gasteiger charge is 2.25. The quantitative estimate of drug-likeness (QED) is 0.613. The first-order valence-electron chi connectivity index (χ1n) is 7.94. The number of amides is 1. The van der Waals surface area contributed by atoms with E-state index in [1.165, 1.54) is 6.33 Å². The molecule has 1 aromatic carbocycles. The van der Waals surface area contributed by atoms with Gasteiger partial charge in [-0.3, -0.25) is 4.79 Å². The van der Waals surface area contributed by atoms with E-state index in [4.69, 9.17) is 11.2 Å². The summed E-state index contributed by atoms with van der Waals surface area (Å²) in [7, 11) is 0. The first-order chi connectivity index (χ1) is 12.0. The van der Waals surface area contributed by atoms with Crippen LogP contribution in [0.5, 0.6) is 0 Å². The number of nitrogens with zero attached hydrogens (tertiary/aromatic N) is 3. The maximum atomic E-state index is 12.0. The normalized spacial score (nSPS) is 10.8. The van der Waals surface area contributed by atoms with Crippen LogP contribution in [-0.2, 0) is 9.53 Å². The highest BCUT2D eigenvalue weighted by Crippen LogP contribution is 2.13. The molecule has 0 spiro atoms. The number of rotatable bonds is 7.